The number of nitrogens with one attached hydrogen (secondary N) is 1. The van der Waals surface area contributed by atoms with Gasteiger partial charge in [-0.25, -0.2) is 9.97 Å². The lowest BCUT2D eigenvalue weighted by Gasteiger charge is -2.30. The number of para-hydroxylation sites is 1. The van der Waals surface area contributed by atoms with Crippen molar-refractivity contribution in [2.45, 2.75) is 19.8 Å². The Morgan fingerprint density at radius 2 is 2.13 bits per heavy atom. The van der Waals surface area contributed by atoms with E-state index in [1.54, 1.807) is 12.3 Å². The highest BCUT2D eigenvalue weighted by molar-refractivity contribution is 6.33. The predicted molar refractivity (Wildman–Crippen MR) is 91.1 cm³/mol. The molecule has 1 aromatic carbocycles. The quantitative estimate of drug-likeness (QED) is 0.931. The molecular formula is C17H19ClN4O. The molecule has 0 saturated carbocycles. The summed E-state index contributed by atoms with van der Waals surface area (Å²) in [6.07, 6.45) is 5.30. The lowest BCUT2D eigenvalue weighted by molar-refractivity contribution is 0.0676. The lowest BCUT2D eigenvalue weighted by Crippen LogP contribution is -2.39. The van der Waals surface area contributed by atoms with Gasteiger partial charge >= 0.3 is 0 Å². The Morgan fingerprint density at radius 1 is 1.30 bits per heavy atom. The number of hydrogen-bond donors (Lipinski definition) is 1. The van der Waals surface area contributed by atoms with Gasteiger partial charge in [-0.3, -0.25) is 4.79 Å². The molecule has 0 radical (unpaired) electrons. The molecule has 0 bridgehead atoms. The van der Waals surface area contributed by atoms with Crippen molar-refractivity contribution in [3.05, 3.63) is 47.4 Å². The molecule has 1 atom stereocenters. The van der Waals surface area contributed by atoms with Crippen LogP contribution in [-0.4, -0.2) is 33.9 Å². The Hall–Kier alpha value is -2.14. The van der Waals surface area contributed by atoms with Crippen LogP contribution >= 0.6 is 11.6 Å². The molecule has 6 heteroatoms. The molecule has 5 nitrogen and oxygen atoms in total. The Kier molecular flexibility index (Phi) is 4.76. The molecule has 3 rings (SSSR count). The second-order valence-corrected chi connectivity index (χ2v) is 6.30. The van der Waals surface area contributed by atoms with Gasteiger partial charge in [-0.1, -0.05) is 30.7 Å². The summed E-state index contributed by atoms with van der Waals surface area (Å²) < 4.78 is 0. The van der Waals surface area contributed by atoms with Crippen molar-refractivity contribution in [3.8, 4) is 0 Å². The summed E-state index contributed by atoms with van der Waals surface area (Å²) in [6, 6.07) is 7.41. The molecule has 1 aromatic heterocycles. The number of rotatable bonds is 3. The fraction of sp³-hybridized carbons (Fsp3) is 0.353. The minimum atomic E-state index is -0.0478. The zero-order chi connectivity index (χ0) is 16.2. The minimum absolute atomic E-state index is 0.0478. The van der Waals surface area contributed by atoms with Crippen LogP contribution in [0.5, 0.6) is 0 Å². The van der Waals surface area contributed by atoms with E-state index in [0.717, 1.165) is 25.2 Å². The molecule has 2 aromatic rings. The maximum atomic E-state index is 12.5. The molecule has 1 N–H and O–H groups in total. The summed E-state index contributed by atoms with van der Waals surface area (Å²) in [4.78, 5) is 22.8. The lowest BCUT2D eigenvalue weighted by atomic mass is 10.0. The van der Waals surface area contributed by atoms with E-state index in [4.69, 9.17) is 11.6 Å². The number of nitrogens with zero attached hydrogens (tertiary/aromatic N) is 3. The highest BCUT2D eigenvalue weighted by Gasteiger charge is 2.23. The monoisotopic (exact) mass is 330 g/mol. The van der Waals surface area contributed by atoms with Crippen LogP contribution in [0.15, 0.2) is 36.7 Å². The molecule has 1 aliphatic rings. The van der Waals surface area contributed by atoms with Gasteiger partial charge in [0, 0.05) is 13.1 Å². The van der Waals surface area contributed by atoms with Crippen LogP contribution in [0.1, 0.15) is 30.3 Å². The van der Waals surface area contributed by atoms with Gasteiger partial charge in [-0.15, -0.1) is 0 Å². The van der Waals surface area contributed by atoms with Crippen LogP contribution in [0.3, 0.4) is 0 Å². The summed E-state index contributed by atoms with van der Waals surface area (Å²) in [5, 5.41) is 3.70. The summed E-state index contributed by atoms with van der Waals surface area (Å²) in [6.45, 7) is 3.76. The normalized spacial score (nSPS) is 17.8. The van der Waals surface area contributed by atoms with Crippen LogP contribution in [-0.2, 0) is 0 Å². The first-order chi connectivity index (χ1) is 11.1. The molecule has 1 unspecified atom stereocenters. The summed E-state index contributed by atoms with van der Waals surface area (Å²) in [5.74, 6) is 1.05. The molecule has 2 heterocycles. The number of likely N-dealkylation sites (tertiary alicyclic amines) is 1. The van der Waals surface area contributed by atoms with Crippen molar-refractivity contribution < 1.29 is 4.79 Å². The number of carbonyl (C=O) groups excluding carboxylic acids is 1. The third kappa shape index (κ3) is 3.79. The maximum Gasteiger partial charge on any atom is 0.274 e. The summed E-state index contributed by atoms with van der Waals surface area (Å²) >= 11 is 6.10. The molecule has 0 aliphatic carbocycles. The summed E-state index contributed by atoms with van der Waals surface area (Å²) in [7, 11) is 0. The highest BCUT2D eigenvalue weighted by Crippen LogP contribution is 2.23. The van der Waals surface area contributed by atoms with Gasteiger partial charge < -0.3 is 10.2 Å². The van der Waals surface area contributed by atoms with Crippen molar-refractivity contribution in [2.24, 2.45) is 5.92 Å². The van der Waals surface area contributed by atoms with Crippen molar-refractivity contribution in [2.75, 3.05) is 18.4 Å². The molecule has 1 fully saturated rings. The fourth-order valence-electron chi connectivity index (χ4n) is 2.74. The molecule has 1 aliphatic heterocycles. The Bertz CT molecular complexity index is 689. The molecule has 0 spiro atoms. The number of aromatic nitrogens is 2. The van der Waals surface area contributed by atoms with Crippen molar-refractivity contribution >= 4 is 29.0 Å². The van der Waals surface area contributed by atoms with Crippen LogP contribution in [0.4, 0.5) is 11.5 Å². The molecule has 23 heavy (non-hydrogen) atoms. The van der Waals surface area contributed by atoms with E-state index in [1.807, 2.05) is 23.1 Å². The first kappa shape index (κ1) is 15.7. The van der Waals surface area contributed by atoms with Crippen molar-refractivity contribution in [1.29, 1.82) is 0 Å². The van der Waals surface area contributed by atoms with Gasteiger partial charge in [-0.2, -0.15) is 0 Å². The number of halogens is 1. The van der Waals surface area contributed by atoms with Gasteiger partial charge in [-0.05, 0) is 30.9 Å². The van der Waals surface area contributed by atoms with E-state index >= 15 is 0 Å². The van der Waals surface area contributed by atoms with Gasteiger partial charge in [0.25, 0.3) is 5.91 Å². The number of benzene rings is 1. The van der Waals surface area contributed by atoms with Crippen LogP contribution in [0.25, 0.3) is 0 Å². The average molecular weight is 331 g/mol. The zero-order valence-corrected chi connectivity index (χ0v) is 13.8. The van der Waals surface area contributed by atoms with E-state index in [-0.39, 0.29) is 5.91 Å². The van der Waals surface area contributed by atoms with Gasteiger partial charge in [0.15, 0.2) is 0 Å². The number of amides is 1. The molecule has 1 amide bonds. The largest absolute Gasteiger partial charge is 0.338 e. The number of hydrogen-bond acceptors (Lipinski definition) is 4. The maximum absolute atomic E-state index is 12.5. The van der Waals surface area contributed by atoms with Crippen LogP contribution in [0, 0.1) is 5.92 Å². The minimum Gasteiger partial charge on any atom is -0.338 e. The third-order valence-electron chi connectivity index (χ3n) is 3.95. The second-order valence-electron chi connectivity index (χ2n) is 5.89. The second kappa shape index (κ2) is 6.96. The molecule has 1 saturated heterocycles. The average Bonchev–Trinajstić information content (AvgIpc) is 2.57. The zero-order valence-electron chi connectivity index (χ0n) is 13.0. The predicted octanol–water partition coefficient (Wildman–Crippen LogP) is 3.75. The summed E-state index contributed by atoms with van der Waals surface area (Å²) in [5.41, 5.74) is 1.14. The Balaban J connectivity index is 1.69. The number of anilines is 2. The fourth-order valence-corrected chi connectivity index (χ4v) is 2.92. The SMILES string of the molecule is CC1CCCN(C(=O)c2cnc(Nc3ccccc3Cl)cn2)C1. The first-order valence-electron chi connectivity index (χ1n) is 7.76. The first-order valence-corrected chi connectivity index (χ1v) is 8.14. The highest BCUT2D eigenvalue weighted by atomic mass is 35.5. The van der Waals surface area contributed by atoms with Crippen molar-refractivity contribution in [1.82, 2.24) is 14.9 Å². The standard InChI is InChI=1S/C17H19ClN4O/c1-12-5-4-8-22(11-12)17(23)15-9-20-16(10-19-15)21-14-7-3-2-6-13(14)18/h2-3,6-7,9-10,12H,4-5,8,11H2,1H3,(H,20,21). The van der Waals surface area contributed by atoms with Gasteiger partial charge in [0.05, 0.1) is 23.1 Å². The molecular weight excluding hydrogens is 312 g/mol. The van der Waals surface area contributed by atoms with E-state index in [1.165, 1.54) is 12.6 Å². The van der Waals surface area contributed by atoms with E-state index in [2.05, 4.69) is 22.2 Å². The van der Waals surface area contributed by atoms with Crippen LogP contribution in [0.2, 0.25) is 5.02 Å². The Morgan fingerprint density at radius 3 is 2.83 bits per heavy atom. The van der Waals surface area contributed by atoms with E-state index < -0.39 is 0 Å². The van der Waals surface area contributed by atoms with E-state index in [0.29, 0.717) is 22.5 Å². The topological polar surface area (TPSA) is 58.1 Å². The van der Waals surface area contributed by atoms with Gasteiger partial charge in [0.2, 0.25) is 0 Å². The number of piperidine rings is 1. The van der Waals surface area contributed by atoms with Gasteiger partial charge in [0.1, 0.15) is 11.5 Å². The number of carbonyl (C=O) groups is 1. The van der Waals surface area contributed by atoms with E-state index in [9.17, 15) is 4.79 Å². The van der Waals surface area contributed by atoms with Crippen molar-refractivity contribution in [3.63, 3.8) is 0 Å². The smallest absolute Gasteiger partial charge is 0.274 e. The molecule has 120 valence electrons. The van der Waals surface area contributed by atoms with Crippen LogP contribution < -0.4 is 5.32 Å². The Labute approximate surface area is 140 Å². The third-order valence-corrected chi connectivity index (χ3v) is 4.28.